The minimum atomic E-state index is -4.04. The van der Waals surface area contributed by atoms with Crippen molar-refractivity contribution in [2.45, 2.75) is 25.4 Å². The normalized spacial score (nSPS) is 25.7. The van der Waals surface area contributed by atoms with Gasteiger partial charge in [0.2, 0.25) is 0 Å². The Bertz CT molecular complexity index is 227. The second kappa shape index (κ2) is 5.10. The second-order valence-corrected chi connectivity index (χ2v) is 4.83. The van der Waals surface area contributed by atoms with E-state index in [1.54, 1.807) is 4.90 Å². The molecule has 2 rings (SSSR count). The number of halogens is 4. The lowest BCUT2D eigenvalue weighted by Gasteiger charge is -2.34. The highest BCUT2D eigenvalue weighted by molar-refractivity contribution is 5.85. The second-order valence-electron chi connectivity index (χ2n) is 4.83. The maximum Gasteiger partial charge on any atom is 0.401 e. The van der Waals surface area contributed by atoms with Crippen LogP contribution in [0.1, 0.15) is 19.3 Å². The van der Waals surface area contributed by atoms with Crippen LogP contribution < -0.4 is 5.32 Å². The summed E-state index contributed by atoms with van der Waals surface area (Å²) in [4.78, 5) is 1.56. The van der Waals surface area contributed by atoms with Crippen molar-refractivity contribution in [3.63, 3.8) is 0 Å². The molecule has 0 unspecified atom stereocenters. The highest BCUT2D eigenvalue weighted by Crippen LogP contribution is 2.39. The zero-order chi connectivity index (χ0) is 10.9. The van der Waals surface area contributed by atoms with Gasteiger partial charge in [-0.3, -0.25) is 4.90 Å². The van der Waals surface area contributed by atoms with Crippen molar-refractivity contribution in [2.75, 3.05) is 32.7 Å². The van der Waals surface area contributed by atoms with Gasteiger partial charge in [-0.05, 0) is 44.3 Å². The molecule has 96 valence electrons. The Balaban J connectivity index is 0.00000128. The number of rotatable bonds is 1. The Morgan fingerprint density at radius 1 is 1.12 bits per heavy atom. The van der Waals surface area contributed by atoms with Crippen LogP contribution in [0.4, 0.5) is 13.2 Å². The summed E-state index contributed by atoms with van der Waals surface area (Å²) in [6.45, 7) is 2.43. The Kier molecular flexibility index (Phi) is 4.49. The molecule has 2 saturated heterocycles. The van der Waals surface area contributed by atoms with Crippen LogP contribution in [0.3, 0.4) is 0 Å². The average Bonchev–Trinajstić information content (AvgIpc) is 2.47. The summed E-state index contributed by atoms with van der Waals surface area (Å²) in [5.74, 6) is 0. The average molecular weight is 259 g/mol. The van der Waals surface area contributed by atoms with E-state index in [0.29, 0.717) is 13.1 Å². The minimum Gasteiger partial charge on any atom is -0.317 e. The van der Waals surface area contributed by atoms with Crippen molar-refractivity contribution >= 4 is 12.4 Å². The van der Waals surface area contributed by atoms with E-state index < -0.39 is 12.7 Å². The lowest BCUT2D eigenvalue weighted by atomic mass is 9.78. The molecule has 0 radical (unpaired) electrons. The number of nitrogens with zero attached hydrogens (tertiary/aromatic N) is 1. The molecule has 6 heteroatoms. The quantitative estimate of drug-likeness (QED) is 0.774. The first kappa shape index (κ1) is 14.1. The van der Waals surface area contributed by atoms with E-state index in [1.807, 2.05) is 0 Å². The van der Waals surface area contributed by atoms with E-state index in [1.165, 1.54) is 0 Å². The fraction of sp³-hybridized carbons (Fsp3) is 1.00. The lowest BCUT2D eigenvalue weighted by molar-refractivity contribution is -0.144. The van der Waals surface area contributed by atoms with Crippen LogP contribution in [0.2, 0.25) is 0 Å². The molecular weight excluding hydrogens is 241 g/mol. The van der Waals surface area contributed by atoms with Gasteiger partial charge in [0.15, 0.2) is 0 Å². The third kappa shape index (κ3) is 3.50. The van der Waals surface area contributed by atoms with Crippen molar-refractivity contribution in [3.8, 4) is 0 Å². The highest BCUT2D eigenvalue weighted by Gasteiger charge is 2.42. The zero-order valence-corrected chi connectivity index (χ0v) is 9.96. The van der Waals surface area contributed by atoms with E-state index in [4.69, 9.17) is 0 Å². The third-order valence-corrected chi connectivity index (χ3v) is 3.58. The molecule has 0 bridgehead atoms. The number of likely N-dealkylation sites (tertiary alicyclic amines) is 1. The Morgan fingerprint density at radius 3 is 2.31 bits per heavy atom. The first-order valence-electron chi connectivity index (χ1n) is 5.49. The van der Waals surface area contributed by atoms with E-state index in [9.17, 15) is 13.2 Å². The predicted molar refractivity (Wildman–Crippen MR) is 58.9 cm³/mol. The number of piperidine rings is 1. The molecule has 1 N–H and O–H groups in total. The van der Waals surface area contributed by atoms with Gasteiger partial charge in [-0.15, -0.1) is 12.4 Å². The van der Waals surface area contributed by atoms with Gasteiger partial charge in [0.05, 0.1) is 6.54 Å². The number of nitrogens with one attached hydrogen (secondary N) is 1. The van der Waals surface area contributed by atoms with Gasteiger partial charge in [-0.1, -0.05) is 0 Å². The van der Waals surface area contributed by atoms with Gasteiger partial charge in [0, 0.05) is 6.54 Å². The number of hydrogen-bond acceptors (Lipinski definition) is 2. The summed E-state index contributed by atoms with van der Waals surface area (Å²) in [6, 6.07) is 0. The molecule has 0 saturated carbocycles. The molecule has 0 aliphatic carbocycles. The van der Waals surface area contributed by atoms with Crippen molar-refractivity contribution in [1.29, 1.82) is 0 Å². The predicted octanol–water partition coefficient (Wildman–Crippen LogP) is 2.05. The van der Waals surface area contributed by atoms with Crippen LogP contribution in [-0.4, -0.2) is 43.8 Å². The maximum absolute atomic E-state index is 12.2. The SMILES string of the molecule is Cl.FC(F)(F)CN1CCC2(CCNCC2)C1. The first-order chi connectivity index (χ1) is 6.99. The molecule has 0 aromatic rings. The molecule has 1 spiro atoms. The van der Waals surface area contributed by atoms with Crippen molar-refractivity contribution in [2.24, 2.45) is 5.41 Å². The van der Waals surface area contributed by atoms with Crippen LogP contribution in [-0.2, 0) is 0 Å². The Labute approximate surface area is 100.0 Å². The molecule has 2 fully saturated rings. The molecular formula is C10H18ClF3N2. The molecule has 16 heavy (non-hydrogen) atoms. The monoisotopic (exact) mass is 258 g/mol. The summed E-state index contributed by atoms with van der Waals surface area (Å²) in [5, 5.41) is 3.26. The number of alkyl halides is 3. The van der Waals surface area contributed by atoms with Crippen LogP contribution in [0.25, 0.3) is 0 Å². The molecule has 0 amide bonds. The zero-order valence-electron chi connectivity index (χ0n) is 9.15. The maximum atomic E-state index is 12.2. The summed E-state index contributed by atoms with van der Waals surface area (Å²) in [6.07, 6.45) is -1.05. The van der Waals surface area contributed by atoms with Crippen LogP contribution in [0.15, 0.2) is 0 Å². The van der Waals surface area contributed by atoms with E-state index in [0.717, 1.165) is 32.4 Å². The van der Waals surface area contributed by atoms with Crippen molar-refractivity contribution in [3.05, 3.63) is 0 Å². The third-order valence-electron chi connectivity index (χ3n) is 3.58. The summed E-state index contributed by atoms with van der Waals surface area (Å²) in [5.41, 5.74) is 0.177. The molecule has 2 aliphatic heterocycles. The van der Waals surface area contributed by atoms with Crippen LogP contribution >= 0.6 is 12.4 Å². The standard InChI is InChI=1S/C10H17F3N2.ClH/c11-10(12,13)8-15-6-3-9(7-15)1-4-14-5-2-9;/h14H,1-8H2;1H. The summed E-state index contributed by atoms with van der Waals surface area (Å²) < 4.78 is 36.6. The Morgan fingerprint density at radius 2 is 1.75 bits per heavy atom. The van der Waals surface area contributed by atoms with Crippen LogP contribution in [0.5, 0.6) is 0 Å². The molecule has 2 heterocycles. The summed E-state index contributed by atoms with van der Waals surface area (Å²) in [7, 11) is 0. The smallest absolute Gasteiger partial charge is 0.317 e. The van der Waals surface area contributed by atoms with Gasteiger partial charge in [0.1, 0.15) is 0 Å². The van der Waals surface area contributed by atoms with Gasteiger partial charge in [-0.2, -0.15) is 13.2 Å². The van der Waals surface area contributed by atoms with Gasteiger partial charge in [-0.25, -0.2) is 0 Å². The van der Waals surface area contributed by atoms with Crippen molar-refractivity contribution in [1.82, 2.24) is 10.2 Å². The van der Waals surface area contributed by atoms with Gasteiger partial charge >= 0.3 is 6.18 Å². The first-order valence-corrected chi connectivity index (χ1v) is 5.49. The van der Waals surface area contributed by atoms with E-state index >= 15 is 0 Å². The highest BCUT2D eigenvalue weighted by atomic mass is 35.5. The molecule has 0 aromatic heterocycles. The fourth-order valence-electron chi connectivity index (χ4n) is 2.78. The summed E-state index contributed by atoms with van der Waals surface area (Å²) >= 11 is 0. The molecule has 0 atom stereocenters. The lowest BCUT2D eigenvalue weighted by Crippen LogP contribution is -2.40. The van der Waals surface area contributed by atoms with Gasteiger partial charge < -0.3 is 5.32 Å². The van der Waals surface area contributed by atoms with Crippen LogP contribution in [0, 0.1) is 5.41 Å². The fourth-order valence-corrected chi connectivity index (χ4v) is 2.78. The van der Waals surface area contributed by atoms with E-state index in [-0.39, 0.29) is 17.8 Å². The molecule has 2 nitrogen and oxygen atoms in total. The minimum absolute atomic E-state index is 0. The van der Waals surface area contributed by atoms with E-state index in [2.05, 4.69) is 5.32 Å². The van der Waals surface area contributed by atoms with Gasteiger partial charge in [0.25, 0.3) is 0 Å². The Hall–Kier alpha value is -0.0000000000000000416. The topological polar surface area (TPSA) is 15.3 Å². The largest absolute Gasteiger partial charge is 0.401 e. The van der Waals surface area contributed by atoms with Crippen molar-refractivity contribution < 1.29 is 13.2 Å². The molecule has 0 aromatic carbocycles. The number of hydrogen-bond donors (Lipinski definition) is 1. The molecule has 2 aliphatic rings.